The Morgan fingerprint density at radius 2 is 1.14 bits per heavy atom. The molecule has 0 bridgehead atoms. The van der Waals surface area contributed by atoms with Gasteiger partial charge in [-0.2, -0.15) is 0 Å². The van der Waals surface area contributed by atoms with Crippen molar-refractivity contribution in [3.05, 3.63) is 0 Å². The van der Waals surface area contributed by atoms with Crippen molar-refractivity contribution in [2.24, 2.45) is 0 Å². The number of carboxylic acids is 4. The quantitative estimate of drug-likeness (QED) is 0.147. The molecule has 4 atom stereocenters. The zero-order valence-corrected chi connectivity index (χ0v) is 20.2. The van der Waals surface area contributed by atoms with E-state index < -0.39 is 73.3 Å². The van der Waals surface area contributed by atoms with Crippen molar-refractivity contribution in [3.8, 4) is 0 Å². The largest absolute Gasteiger partial charge is 2.00 e. The molecule has 0 rings (SSSR count). The molecular formula is C12H16O14Zn2. The minimum absolute atomic E-state index is 0. The van der Waals surface area contributed by atoms with Crippen LogP contribution in [-0.2, 0) is 58.1 Å². The molecule has 0 amide bonds. The Hall–Kier alpha value is -1.11. The molecule has 0 saturated carbocycles. The molecule has 0 spiro atoms. The molecule has 0 saturated heterocycles. The van der Waals surface area contributed by atoms with Crippen LogP contribution in [0, 0.1) is 0 Å². The van der Waals surface area contributed by atoms with Crippen molar-refractivity contribution in [2.75, 3.05) is 6.61 Å². The van der Waals surface area contributed by atoms with E-state index in [1.807, 2.05) is 0 Å². The summed E-state index contributed by atoms with van der Waals surface area (Å²) in [6, 6.07) is 0. The summed E-state index contributed by atoms with van der Waals surface area (Å²) >= 11 is 0. The third-order valence-electron chi connectivity index (χ3n) is 2.75. The van der Waals surface area contributed by atoms with E-state index in [4.69, 9.17) is 30.6 Å². The zero-order chi connectivity index (χ0) is 21.2. The topological polar surface area (TPSA) is 282 Å². The molecule has 16 heteroatoms. The van der Waals surface area contributed by atoms with Crippen LogP contribution in [0.2, 0.25) is 0 Å². The maximum atomic E-state index is 10.1. The minimum atomic E-state index is -2.97. The van der Waals surface area contributed by atoms with Crippen LogP contribution < -0.4 is 20.4 Å². The number of hydrogen-bond donors (Lipinski definition) is 6. The molecule has 6 N–H and O–H groups in total. The Balaban J connectivity index is -0.000000192. The second-order valence-corrected chi connectivity index (χ2v) is 4.91. The molecule has 14 nitrogen and oxygen atoms in total. The third kappa shape index (κ3) is 13.1. The first-order chi connectivity index (χ1) is 11.7. The number of aliphatic hydroxyl groups excluding tert-OH is 5. The van der Waals surface area contributed by atoms with Gasteiger partial charge < -0.3 is 70.2 Å². The maximum Gasteiger partial charge on any atom is 2.00 e. The summed E-state index contributed by atoms with van der Waals surface area (Å²) in [6.07, 6.45) is -10.8. The summed E-state index contributed by atoms with van der Waals surface area (Å²) in [7, 11) is 0. The molecular weight excluding hydrogens is 499 g/mol. The Labute approximate surface area is 182 Å². The van der Waals surface area contributed by atoms with Gasteiger partial charge in [-0.3, -0.25) is 0 Å². The Bertz CT molecular complexity index is 497. The van der Waals surface area contributed by atoms with Crippen molar-refractivity contribution >= 4 is 23.9 Å². The normalized spacial score (nSPS) is 14.5. The van der Waals surface area contributed by atoms with Gasteiger partial charge in [-0.05, 0) is 0 Å². The van der Waals surface area contributed by atoms with Crippen molar-refractivity contribution < 1.29 is 109 Å². The van der Waals surface area contributed by atoms with Gasteiger partial charge in [-0.25, -0.2) is 0 Å². The fourth-order valence-electron chi connectivity index (χ4n) is 1.35. The smallest absolute Gasteiger partial charge is 0.550 e. The zero-order valence-electron chi connectivity index (χ0n) is 14.3. The summed E-state index contributed by atoms with van der Waals surface area (Å²) in [5.41, 5.74) is -2.97. The van der Waals surface area contributed by atoms with E-state index in [-0.39, 0.29) is 39.0 Å². The van der Waals surface area contributed by atoms with Gasteiger partial charge in [0.15, 0.2) is 0 Å². The second kappa shape index (κ2) is 15.8. The fourth-order valence-corrected chi connectivity index (χ4v) is 1.35. The molecule has 0 unspecified atom stereocenters. The van der Waals surface area contributed by atoms with E-state index in [1.165, 1.54) is 0 Å². The average molecular weight is 515 g/mol. The molecule has 0 aliphatic heterocycles. The molecule has 0 aromatic heterocycles. The summed E-state index contributed by atoms with van der Waals surface area (Å²) in [4.78, 5) is 40.0. The van der Waals surface area contributed by atoms with Gasteiger partial charge in [-0.15, -0.1) is 0 Å². The van der Waals surface area contributed by atoms with Crippen LogP contribution in [0.1, 0.15) is 12.8 Å². The summed E-state index contributed by atoms with van der Waals surface area (Å²) in [6.45, 7) is -0.863. The van der Waals surface area contributed by atoms with Crippen LogP contribution in [0.15, 0.2) is 0 Å². The second-order valence-electron chi connectivity index (χ2n) is 4.91. The number of hydrogen-bond acceptors (Lipinski definition) is 14. The van der Waals surface area contributed by atoms with Gasteiger partial charge in [0.05, 0.1) is 18.5 Å². The minimum Gasteiger partial charge on any atom is -0.550 e. The molecule has 0 aromatic carbocycles. The first-order valence-electron chi connectivity index (χ1n) is 6.57. The van der Waals surface area contributed by atoms with Gasteiger partial charge in [0.1, 0.15) is 30.0 Å². The van der Waals surface area contributed by atoms with Crippen molar-refractivity contribution in [2.45, 2.75) is 42.9 Å². The monoisotopic (exact) mass is 512 g/mol. The fraction of sp³-hybridized carbons (Fsp3) is 0.667. The van der Waals surface area contributed by atoms with E-state index in [1.54, 1.807) is 0 Å². The van der Waals surface area contributed by atoms with Crippen molar-refractivity contribution in [3.63, 3.8) is 0 Å². The number of carbonyl (C=O) groups excluding carboxylic acids is 4. The Kier molecular flexibility index (Phi) is 19.4. The average Bonchev–Trinajstić information content (AvgIpc) is 2.50. The molecule has 0 fully saturated rings. The van der Waals surface area contributed by atoms with E-state index in [2.05, 4.69) is 0 Å². The van der Waals surface area contributed by atoms with Gasteiger partial charge in [0.25, 0.3) is 0 Å². The molecule has 0 aromatic rings. The first-order valence-corrected chi connectivity index (χ1v) is 6.57. The number of carbonyl (C=O) groups is 4. The van der Waals surface area contributed by atoms with Gasteiger partial charge in [0, 0.05) is 24.8 Å². The summed E-state index contributed by atoms with van der Waals surface area (Å²) in [5, 5.41) is 92.4. The molecule has 0 heterocycles. The van der Waals surface area contributed by atoms with Crippen LogP contribution in [0.3, 0.4) is 0 Å². The Morgan fingerprint density at radius 3 is 1.36 bits per heavy atom. The van der Waals surface area contributed by atoms with Crippen LogP contribution in [0.5, 0.6) is 0 Å². The van der Waals surface area contributed by atoms with Crippen LogP contribution in [0.4, 0.5) is 0 Å². The van der Waals surface area contributed by atoms with E-state index >= 15 is 0 Å². The maximum absolute atomic E-state index is 10.1. The van der Waals surface area contributed by atoms with Crippen LogP contribution in [0.25, 0.3) is 0 Å². The molecule has 0 aliphatic carbocycles. The summed E-state index contributed by atoms with van der Waals surface area (Å²) < 4.78 is 0. The van der Waals surface area contributed by atoms with Gasteiger partial charge >= 0.3 is 39.0 Å². The third-order valence-corrected chi connectivity index (χ3v) is 2.75. The number of rotatable bonds is 10. The molecule has 28 heavy (non-hydrogen) atoms. The van der Waals surface area contributed by atoms with Crippen LogP contribution >= 0.6 is 0 Å². The van der Waals surface area contributed by atoms with Crippen LogP contribution in [-0.4, -0.2) is 91.1 Å². The number of aliphatic carboxylic acids is 4. The predicted molar refractivity (Wildman–Crippen MR) is 65.3 cm³/mol. The van der Waals surface area contributed by atoms with Gasteiger partial charge in [0.2, 0.25) is 0 Å². The number of aliphatic hydroxyl groups is 6. The van der Waals surface area contributed by atoms with E-state index in [0.29, 0.717) is 0 Å². The molecule has 0 radical (unpaired) electrons. The van der Waals surface area contributed by atoms with Crippen molar-refractivity contribution in [1.29, 1.82) is 0 Å². The first kappa shape index (κ1) is 34.4. The van der Waals surface area contributed by atoms with E-state index in [0.717, 1.165) is 0 Å². The standard InChI is InChI=1S/C6H8O7.C6H12O7.2Zn/c7-3(8)1-6(13,5(11)12)2-4(9)10;7-1-2(8)3(9)4(10)5(11)6(12)13;;/h13H,1-2H2,(H,7,8)(H,9,10)(H,11,12);2-5,7-11H,1H2,(H,12,13);;/q;;2*+2/p-4/t;2-,3-,4+,5-;;/m.1../s1. The summed E-state index contributed by atoms with van der Waals surface area (Å²) in [5.74, 6) is -7.96. The predicted octanol–water partition coefficient (Wildman–Crippen LogP) is -10.1. The number of carboxylic acid groups (broad SMARTS) is 4. The SMILES string of the molecule is O=C([O-])CC(O)(CC(=O)[O-])C(=O)[O-].O=C([O-])[C@H](O)[C@@H](O)[C@H](O)[C@H](O)CO.[Zn+2].[Zn+2]. The molecule has 0 aliphatic rings. The molecule has 152 valence electrons. The Morgan fingerprint density at radius 1 is 0.786 bits per heavy atom. The van der Waals surface area contributed by atoms with Crippen molar-refractivity contribution in [1.82, 2.24) is 0 Å². The van der Waals surface area contributed by atoms with E-state index in [9.17, 15) is 39.6 Å². The van der Waals surface area contributed by atoms with Gasteiger partial charge in [-0.1, -0.05) is 0 Å².